The van der Waals surface area contributed by atoms with Gasteiger partial charge in [0.1, 0.15) is 0 Å². The maximum Gasteiger partial charge on any atom is 0.221 e. The minimum Gasteiger partial charge on any atom is -0.395 e. The number of hydrogen-bond acceptors (Lipinski definition) is 4. The molecule has 0 saturated carbocycles. The van der Waals surface area contributed by atoms with Gasteiger partial charge < -0.3 is 15.5 Å². The van der Waals surface area contributed by atoms with E-state index in [2.05, 4.69) is 22.3 Å². The highest BCUT2D eigenvalue weighted by atomic mass is 16.3. The van der Waals surface area contributed by atoms with Crippen LogP contribution in [0.15, 0.2) is 30.3 Å². The number of carbonyl (C=O) groups is 1. The number of aliphatic hydroxyl groups excluding tert-OH is 2. The van der Waals surface area contributed by atoms with Crippen molar-refractivity contribution in [3.8, 4) is 0 Å². The molecule has 0 spiro atoms. The highest BCUT2D eigenvalue weighted by Gasteiger charge is 2.40. The number of carbonyl (C=O) groups excluding carboxylic acids is 1. The predicted molar refractivity (Wildman–Crippen MR) is 85.4 cm³/mol. The molecule has 22 heavy (non-hydrogen) atoms. The van der Waals surface area contributed by atoms with Crippen LogP contribution in [0.25, 0.3) is 0 Å². The van der Waals surface area contributed by atoms with Gasteiger partial charge in [0.2, 0.25) is 5.91 Å². The van der Waals surface area contributed by atoms with Gasteiger partial charge in [0.15, 0.2) is 0 Å². The third-order valence-electron chi connectivity index (χ3n) is 4.46. The fourth-order valence-corrected chi connectivity index (χ4v) is 3.25. The summed E-state index contributed by atoms with van der Waals surface area (Å²) in [7, 11) is 1.60. The van der Waals surface area contributed by atoms with Gasteiger partial charge in [-0.05, 0) is 31.4 Å². The molecule has 5 heteroatoms. The van der Waals surface area contributed by atoms with E-state index >= 15 is 0 Å². The smallest absolute Gasteiger partial charge is 0.221 e. The molecule has 1 saturated heterocycles. The lowest BCUT2D eigenvalue weighted by Gasteiger charge is -2.29. The molecule has 122 valence electrons. The van der Waals surface area contributed by atoms with E-state index in [9.17, 15) is 15.0 Å². The SMILES string of the molecule is CNC(=O)CC1[C@@H](O)C[C@@H](CO)N1CCCc1ccccc1. The summed E-state index contributed by atoms with van der Waals surface area (Å²) in [6, 6.07) is 10.0. The summed E-state index contributed by atoms with van der Waals surface area (Å²) < 4.78 is 0. The van der Waals surface area contributed by atoms with Gasteiger partial charge in [-0.15, -0.1) is 0 Å². The number of likely N-dealkylation sites (tertiary alicyclic amines) is 1. The van der Waals surface area contributed by atoms with E-state index in [-0.39, 0.29) is 31.0 Å². The Morgan fingerprint density at radius 2 is 2.09 bits per heavy atom. The Morgan fingerprint density at radius 3 is 2.73 bits per heavy atom. The van der Waals surface area contributed by atoms with Gasteiger partial charge in [-0.3, -0.25) is 9.69 Å². The Morgan fingerprint density at radius 1 is 1.36 bits per heavy atom. The average molecular weight is 306 g/mol. The molecule has 0 aromatic heterocycles. The molecule has 0 radical (unpaired) electrons. The maximum atomic E-state index is 11.6. The number of rotatable bonds is 7. The number of hydrogen-bond donors (Lipinski definition) is 3. The largest absolute Gasteiger partial charge is 0.395 e. The lowest BCUT2D eigenvalue weighted by atomic mass is 10.1. The second kappa shape index (κ2) is 8.27. The first-order valence-corrected chi connectivity index (χ1v) is 7.95. The Labute approximate surface area is 131 Å². The molecule has 1 amide bonds. The second-order valence-corrected chi connectivity index (χ2v) is 5.91. The topological polar surface area (TPSA) is 72.8 Å². The summed E-state index contributed by atoms with van der Waals surface area (Å²) in [4.78, 5) is 13.7. The van der Waals surface area contributed by atoms with Crippen LogP contribution < -0.4 is 5.32 Å². The quantitative estimate of drug-likeness (QED) is 0.688. The number of aliphatic hydroxyl groups is 2. The van der Waals surface area contributed by atoms with Crippen molar-refractivity contribution in [2.24, 2.45) is 0 Å². The van der Waals surface area contributed by atoms with E-state index in [0.717, 1.165) is 19.4 Å². The molecule has 1 unspecified atom stereocenters. The van der Waals surface area contributed by atoms with Crippen LogP contribution >= 0.6 is 0 Å². The van der Waals surface area contributed by atoms with Crippen molar-refractivity contribution in [1.82, 2.24) is 10.2 Å². The zero-order valence-electron chi connectivity index (χ0n) is 13.1. The van der Waals surface area contributed by atoms with Crippen LogP contribution in [0.1, 0.15) is 24.8 Å². The first-order valence-electron chi connectivity index (χ1n) is 7.95. The van der Waals surface area contributed by atoms with Gasteiger partial charge >= 0.3 is 0 Å². The van der Waals surface area contributed by atoms with Gasteiger partial charge in [-0.1, -0.05) is 30.3 Å². The molecule has 1 aromatic rings. The van der Waals surface area contributed by atoms with Crippen LogP contribution in [-0.2, 0) is 11.2 Å². The summed E-state index contributed by atoms with van der Waals surface area (Å²) in [5.41, 5.74) is 1.28. The van der Waals surface area contributed by atoms with E-state index in [1.54, 1.807) is 7.05 Å². The fourth-order valence-electron chi connectivity index (χ4n) is 3.25. The standard InChI is InChI=1S/C17H26N2O3/c1-18-17(22)11-15-16(21)10-14(12-20)19(15)9-5-8-13-6-3-2-4-7-13/h2-4,6-7,14-16,20-21H,5,8-12H2,1H3,(H,18,22)/t14-,15?,16-/m0/s1. The van der Waals surface area contributed by atoms with E-state index < -0.39 is 6.10 Å². The zero-order valence-corrected chi connectivity index (χ0v) is 13.1. The van der Waals surface area contributed by atoms with Crippen LogP contribution in [0.4, 0.5) is 0 Å². The van der Waals surface area contributed by atoms with Gasteiger partial charge in [0, 0.05) is 25.6 Å². The van der Waals surface area contributed by atoms with Crippen molar-refractivity contribution in [2.75, 3.05) is 20.2 Å². The molecule has 1 heterocycles. The van der Waals surface area contributed by atoms with Crippen molar-refractivity contribution >= 4 is 5.91 Å². The van der Waals surface area contributed by atoms with Gasteiger partial charge in [-0.2, -0.15) is 0 Å². The number of nitrogens with one attached hydrogen (secondary N) is 1. The van der Waals surface area contributed by atoms with E-state index in [4.69, 9.17) is 0 Å². The molecule has 3 N–H and O–H groups in total. The Balaban J connectivity index is 1.93. The van der Waals surface area contributed by atoms with Crippen LogP contribution in [0.2, 0.25) is 0 Å². The minimum atomic E-state index is -0.550. The van der Waals surface area contributed by atoms with Crippen molar-refractivity contribution in [1.29, 1.82) is 0 Å². The number of nitrogens with zero attached hydrogens (tertiary/aromatic N) is 1. The zero-order chi connectivity index (χ0) is 15.9. The van der Waals surface area contributed by atoms with E-state index in [1.165, 1.54) is 5.56 Å². The number of amides is 1. The predicted octanol–water partition coefficient (Wildman–Crippen LogP) is 0.551. The summed E-state index contributed by atoms with van der Waals surface area (Å²) >= 11 is 0. The molecular formula is C17H26N2O3. The van der Waals surface area contributed by atoms with Crippen molar-refractivity contribution in [3.05, 3.63) is 35.9 Å². The Hall–Kier alpha value is -1.43. The number of benzene rings is 1. The fraction of sp³-hybridized carbons (Fsp3) is 0.588. The van der Waals surface area contributed by atoms with E-state index in [0.29, 0.717) is 6.42 Å². The molecule has 1 aliphatic heterocycles. The molecular weight excluding hydrogens is 280 g/mol. The van der Waals surface area contributed by atoms with Crippen LogP contribution in [0, 0.1) is 0 Å². The summed E-state index contributed by atoms with van der Waals surface area (Å²) in [6.07, 6.45) is 2.16. The normalized spacial score (nSPS) is 25.3. The molecule has 5 nitrogen and oxygen atoms in total. The lowest BCUT2D eigenvalue weighted by Crippen LogP contribution is -2.43. The van der Waals surface area contributed by atoms with Crippen molar-refractivity contribution in [2.45, 2.75) is 43.9 Å². The van der Waals surface area contributed by atoms with Crippen LogP contribution in [-0.4, -0.2) is 59.4 Å². The van der Waals surface area contributed by atoms with Crippen molar-refractivity contribution in [3.63, 3.8) is 0 Å². The van der Waals surface area contributed by atoms with Crippen molar-refractivity contribution < 1.29 is 15.0 Å². The van der Waals surface area contributed by atoms with Gasteiger partial charge in [0.25, 0.3) is 0 Å². The monoisotopic (exact) mass is 306 g/mol. The lowest BCUT2D eigenvalue weighted by molar-refractivity contribution is -0.122. The minimum absolute atomic E-state index is 0.0205. The Bertz CT molecular complexity index is 466. The third-order valence-corrected chi connectivity index (χ3v) is 4.46. The first-order chi connectivity index (χ1) is 10.7. The molecule has 1 fully saturated rings. The van der Waals surface area contributed by atoms with Crippen LogP contribution in [0.3, 0.4) is 0 Å². The van der Waals surface area contributed by atoms with Gasteiger partial charge in [-0.25, -0.2) is 0 Å². The highest BCUT2D eigenvalue weighted by Crippen LogP contribution is 2.27. The number of aryl methyl sites for hydroxylation is 1. The Kier molecular flexibility index (Phi) is 6.36. The third kappa shape index (κ3) is 4.29. The summed E-state index contributed by atoms with van der Waals surface area (Å²) in [5.74, 6) is -0.0734. The second-order valence-electron chi connectivity index (χ2n) is 5.91. The van der Waals surface area contributed by atoms with E-state index in [1.807, 2.05) is 18.2 Å². The molecule has 3 atom stereocenters. The highest BCUT2D eigenvalue weighted by molar-refractivity contribution is 5.76. The molecule has 1 aromatic carbocycles. The average Bonchev–Trinajstić information content (AvgIpc) is 2.84. The maximum absolute atomic E-state index is 11.6. The molecule has 2 rings (SSSR count). The summed E-state index contributed by atoms with van der Waals surface area (Å²) in [6.45, 7) is 0.797. The summed E-state index contributed by atoms with van der Waals surface area (Å²) in [5, 5.41) is 22.3. The van der Waals surface area contributed by atoms with Crippen LogP contribution in [0.5, 0.6) is 0 Å². The molecule has 1 aliphatic rings. The van der Waals surface area contributed by atoms with Gasteiger partial charge in [0.05, 0.1) is 12.7 Å². The molecule has 0 bridgehead atoms. The first kappa shape index (κ1) is 16.9. The molecule has 0 aliphatic carbocycles.